The average molecular weight is 428 g/mol. The molecule has 4 rings (SSSR count). The fourth-order valence-corrected chi connectivity index (χ4v) is 4.26. The first-order chi connectivity index (χ1) is 15.7. The van der Waals surface area contributed by atoms with Gasteiger partial charge in [0.15, 0.2) is 0 Å². The lowest BCUT2D eigenvalue weighted by Crippen LogP contribution is -2.57. The van der Waals surface area contributed by atoms with Crippen LogP contribution in [-0.2, 0) is 16.1 Å². The maximum Gasteiger partial charge on any atom is 0.237 e. The molecule has 2 N–H and O–H groups in total. The first-order valence-electron chi connectivity index (χ1n) is 11.1. The molecule has 5 nitrogen and oxygen atoms in total. The maximum atomic E-state index is 12.7. The predicted molar refractivity (Wildman–Crippen MR) is 126 cm³/mol. The van der Waals surface area contributed by atoms with E-state index in [1.165, 1.54) is 11.1 Å². The zero-order chi connectivity index (χ0) is 22.2. The molecule has 0 aliphatic carbocycles. The van der Waals surface area contributed by atoms with E-state index in [4.69, 9.17) is 0 Å². The number of carbonyl (C=O) groups is 2. The lowest BCUT2D eigenvalue weighted by atomic mass is 9.90. The van der Waals surface area contributed by atoms with Crippen molar-refractivity contribution in [3.05, 3.63) is 108 Å². The fourth-order valence-electron chi connectivity index (χ4n) is 4.26. The van der Waals surface area contributed by atoms with Crippen LogP contribution in [0.4, 0.5) is 0 Å². The topological polar surface area (TPSA) is 61.4 Å². The molecule has 0 aromatic heterocycles. The van der Waals surface area contributed by atoms with E-state index >= 15 is 0 Å². The van der Waals surface area contributed by atoms with Gasteiger partial charge in [0.2, 0.25) is 11.8 Å². The minimum Gasteiger partial charge on any atom is -0.353 e. The Hall–Kier alpha value is -3.44. The zero-order valence-corrected chi connectivity index (χ0v) is 18.1. The number of hydrogen-bond acceptors (Lipinski definition) is 3. The highest BCUT2D eigenvalue weighted by molar-refractivity contribution is 5.88. The highest BCUT2D eigenvalue weighted by Crippen LogP contribution is 2.27. The van der Waals surface area contributed by atoms with Gasteiger partial charge in [0.1, 0.15) is 0 Å². The second kappa shape index (κ2) is 10.7. The molecule has 1 atom stereocenters. The van der Waals surface area contributed by atoms with Gasteiger partial charge < -0.3 is 10.6 Å². The van der Waals surface area contributed by atoms with Crippen LogP contribution in [0.2, 0.25) is 0 Å². The summed E-state index contributed by atoms with van der Waals surface area (Å²) in [5, 5.41) is 5.89. The molecule has 0 bridgehead atoms. The molecule has 32 heavy (non-hydrogen) atoms. The van der Waals surface area contributed by atoms with Gasteiger partial charge in [-0.2, -0.15) is 0 Å². The monoisotopic (exact) mass is 427 g/mol. The molecule has 0 radical (unpaired) electrons. The number of piperazine rings is 1. The molecule has 1 aliphatic heterocycles. The number of benzene rings is 3. The van der Waals surface area contributed by atoms with E-state index in [2.05, 4.69) is 39.8 Å². The number of hydrogen-bond donors (Lipinski definition) is 2. The number of carbonyl (C=O) groups excluding carboxylic acids is 2. The van der Waals surface area contributed by atoms with Crippen LogP contribution in [0.1, 0.15) is 29.0 Å². The minimum absolute atomic E-state index is 0.0778. The summed E-state index contributed by atoms with van der Waals surface area (Å²) in [6, 6.07) is 30.0. The molecule has 1 fully saturated rings. The summed E-state index contributed by atoms with van der Waals surface area (Å²) in [6.45, 7) is 2.46. The SMILES string of the molecule is O=C(CC1C(=O)NCCN1CC(c1ccccc1)c1ccccc1)NCc1ccccc1. The number of nitrogens with zero attached hydrogens (tertiary/aromatic N) is 1. The number of nitrogens with one attached hydrogen (secondary N) is 2. The Kier molecular flexibility index (Phi) is 7.31. The number of amides is 2. The Bertz CT molecular complexity index is 969. The largest absolute Gasteiger partial charge is 0.353 e. The van der Waals surface area contributed by atoms with Gasteiger partial charge in [-0.3, -0.25) is 14.5 Å². The highest BCUT2D eigenvalue weighted by Gasteiger charge is 2.33. The van der Waals surface area contributed by atoms with E-state index in [1.807, 2.05) is 66.7 Å². The van der Waals surface area contributed by atoms with Crippen molar-refractivity contribution < 1.29 is 9.59 Å². The Morgan fingerprint density at radius 1 is 0.906 bits per heavy atom. The fraction of sp³-hybridized carbons (Fsp3) is 0.259. The van der Waals surface area contributed by atoms with Gasteiger partial charge in [-0.05, 0) is 16.7 Å². The molecule has 0 spiro atoms. The third kappa shape index (κ3) is 5.62. The number of rotatable bonds is 8. The van der Waals surface area contributed by atoms with E-state index in [0.717, 1.165) is 12.1 Å². The van der Waals surface area contributed by atoms with Crippen molar-refractivity contribution in [2.75, 3.05) is 19.6 Å². The third-order valence-corrected chi connectivity index (χ3v) is 5.97. The van der Waals surface area contributed by atoms with Gasteiger partial charge >= 0.3 is 0 Å². The van der Waals surface area contributed by atoms with Crippen LogP contribution in [0, 0.1) is 0 Å². The summed E-state index contributed by atoms with van der Waals surface area (Å²) in [4.78, 5) is 27.6. The van der Waals surface area contributed by atoms with Crippen molar-refractivity contribution in [3.8, 4) is 0 Å². The summed E-state index contributed by atoms with van der Waals surface area (Å²) in [5.41, 5.74) is 3.45. The second-order valence-electron chi connectivity index (χ2n) is 8.14. The van der Waals surface area contributed by atoms with E-state index < -0.39 is 6.04 Å². The van der Waals surface area contributed by atoms with Crippen molar-refractivity contribution in [3.63, 3.8) is 0 Å². The van der Waals surface area contributed by atoms with Gasteiger partial charge in [0.05, 0.1) is 12.5 Å². The molecule has 1 heterocycles. The van der Waals surface area contributed by atoms with Gasteiger partial charge in [0, 0.05) is 32.1 Å². The first-order valence-corrected chi connectivity index (χ1v) is 11.1. The molecule has 164 valence electrons. The van der Waals surface area contributed by atoms with Crippen LogP contribution in [0.15, 0.2) is 91.0 Å². The molecule has 3 aromatic rings. The summed E-state index contributed by atoms with van der Waals surface area (Å²) in [6.07, 6.45) is 0.148. The zero-order valence-electron chi connectivity index (χ0n) is 18.1. The lowest BCUT2D eigenvalue weighted by molar-refractivity contribution is -0.134. The van der Waals surface area contributed by atoms with Crippen LogP contribution < -0.4 is 10.6 Å². The molecular weight excluding hydrogens is 398 g/mol. The van der Waals surface area contributed by atoms with E-state index in [-0.39, 0.29) is 24.2 Å². The van der Waals surface area contributed by atoms with Crippen molar-refractivity contribution in [2.45, 2.75) is 24.9 Å². The van der Waals surface area contributed by atoms with E-state index in [9.17, 15) is 9.59 Å². The molecular formula is C27H29N3O2. The molecule has 5 heteroatoms. The van der Waals surface area contributed by atoms with Crippen LogP contribution in [0.3, 0.4) is 0 Å². The van der Waals surface area contributed by atoms with Gasteiger partial charge in [0.25, 0.3) is 0 Å². The van der Waals surface area contributed by atoms with Crippen molar-refractivity contribution in [2.24, 2.45) is 0 Å². The maximum absolute atomic E-state index is 12.7. The third-order valence-electron chi connectivity index (χ3n) is 5.97. The van der Waals surface area contributed by atoms with Crippen molar-refractivity contribution in [1.29, 1.82) is 0 Å². The molecule has 0 saturated carbocycles. The van der Waals surface area contributed by atoms with Crippen LogP contribution >= 0.6 is 0 Å². The summed E-state index contributed by atoms with van der Waals surface area (Å²) in [7, 11) is 0. The molecule has 2 amide bonds. The molecule has 3 aromatic carbocycles. The van der Waals surface area contributed by atoms with E-state index in [1.54, 1.807) is 0 Å². The Balaban J connectivity index is 1.48. The van der Waals surface area contributed by atoms with Crippen molar-refractivity contribution >= 4 is 11.8 Å². The van der Waals surface area contributed by atoms with Gasteiger partial charge in [-0.1, -0.05) is 91.0 Å². The van der Waals surface area contributed by atoms with Crippen LogP contribution in [0.5, 0.6) is 0 Å². The summed E-state index contributed by atoms with van der Waals surface area (Å²) >= 11 is 0. The summed E-state index contributed by atoms with van der Waals surface area (Å²) < 4.78 is 0. The lowest BCUT2D eigenvalue weighted by Gasteiger charge is -2.37. The first kappa shape index (κ1) is 21.8. The normalized spacial score (nSPS) is 16.5. The van der Waals surface area contributed by atoms with Crippen molar-refractivity contribution in [1.82, 2.24) is 15.5 Å². The minimum atomic E-state index is -0.477. The molecule has 1 unspecified atom stereocenters. The highest BCUT2D eigenvalue weighted by atomic mass is 16.2. The Labute approximate surface area is 189 Å². The standard InChI is InChI=1S/C27H29N3O2/c31-26(29-19-21-10-4-1-5-11-21)18-25-27(32)28-16-17-30(25)20-24(22-12-6-2-7-13-22)23-14-8-3-9-15-23/h1-15,24-25H,16-20H2,(H,28,32)(H,29,31). The predicted octanol–water partition coefficient (Wildman–Crippen LogP) is 3.33. The Morgan fingerprint density at radius 3 is 2.06 bits per heavy atom. The van der Waals surface area contributed by atoms with Gasteiger partial charge in [-0.15, -0.1) is 0 Å². The molecule has 1 aliphatic rings. The quantitative estimate of drug-likeness (QED) is 0.580. The molecule has 1 saturated heterocycles. The average Bonchev–Trinajstić information content (AvgIpc) is 2.85. The second-order valence-corrected chi connectivity index (χ2v) is 8.14. The van der Waals surface area contributed by atoms with Crippen LogP contribution in [0.25, 0.3) is 0 Å². The Morgan fingerprint density at radius 2 is 1.47 bits per heavy atom. The van der Waals surface area contributed by atoms with Crippen LogP contribution in [-0.4, -0.2) is 42.4 Å². The summed E-state index contributed by atoms with van der Waals surface area (Å²) in [5.74, 6) is -0.0685. The van der Waals surface area contributed by atoms with Gasteiger partial charge in [-0.25, -0.2) is 0 Å². The smallest absolute Gasteiger partial charge is 0.237 e. The van der Waals surface area contributed by atoms with E-state index in [0.29, 0.717) is 19.6 Å².